The molecule has 2 N–H and O–H groups in total. The molecule has 114 valence electrons. The zero-order valence-corrected chi connectivity index (χ0v) is 13.9. The number of carbonyl (C=O) groups is 1. The molecule has 0 heterocycles. The van der Waals surface area contributed by atoms with Gasteiger partial charge in [-0.05, 0) is 49.8 Å². The van der Waals surface area contributed by atoms with Crippen molar-refractivity contribution in [3.63, 3.8) is 0 Å². The van der Waals surface area contributed by atoms with Gasteiger partial charge in [0.1, 0.15) is 0 Å². The second kappa shape index (κ2) is 5.37. The first-order valence-corrected chi connectivity index (χ1v) is 9.33. The number of nitrogens with zero attached hydrogens (tertiary/aromatic N) is 1. The molecule has 2 aliphatic carbocycles. The molecule has 7 heteroatoms. The molecule has 0 aliphatic heterocycles. The molecule has 1 aromatic rings. The monoisotopic (exact) mass is 372 g/mol. The van der Waals surface area contributed by atoms with Crippen molar-refractivity contribution in [2.24, 2.45) is 11.1 Å². The Morgan fingerprint density at radius 1 is 1.24 bits per heavy atom. The van der Waals surface area contributed by atoms with E-state index < -0.39 is 10.0 Å². The van der Waals surface area contributed by atoms with E-state index in [9.17, 15) is 13.2 Å². The molecule has 5 nitrogen and oxygen atoms in total. The summed E-state index contributed by atoms with van der Waals surface area (Å²) in [6, 6.07) is 4.74. The maximum absolute atomic E-state index is 12.7. The Bertz CT molecular complexity index is 681. The number of hydrogen-bond donors (Lipinski definition) is 1. The lowest BCUT2D eigenvalue weighted by Gasteiger charge is -2.22. The largest absolute Gasteiger partial charge is 0.335 e. The van der Waals surface area contributed by atoms with Crippen LogP contribution in [0.2, 0.25) is 0 Å². The van der Waals surface area contributed by atoms with E-state index in [4.69, 9.17) is 5.14 Å². The van der Waals surface area contributed by atoms with E-state index in [2.05, 4.69) is 15.9 Å². The SMILES string of the molecule is NS(=O)(=O)c1cc(Br)cc(C(=O)N(CC2CC2)C2CC2)c1. The summed E-state index contributed by atoms with van der Waals surface area (Å²) in [5.41, 5.74) is 0.376. The number of rotatable bonds is 5. The van der Waals surface area contributed by atoms with E-state index in [0.29, 0.717) is 22.0 Å². The Kier molecular flexibility index (Phi) is 3.83. The quantitative estimate of drug-likeness (QED) is 0.859. The number of carbonyl (C=O) groups excluding carboxylic acids is 1. The average molecular weight is 373 g/mol. The van der Waals surface area contributed by atoms with Gasteiger partial charge in [-0.2, -0.15) is 0 Å². The second-order valence-electron chi connectivity index (χ2n) is 5.85. The molecule has 0 radical (unpaired) electrons. The molecule has 0 atom stereocenters. The fourth-order valence-electron chi connectivity index (χ4n) is 2.38. The van der Waals surface area contributed by atoms with Crippen molar-refractivity contribution < 1.29 is 13.2 Å². The molecular weight excluding hydrogens is 356 g/mol. The van der Waals surface area contributed by atoms with Gasteiger partial charge in [0.05, 0.1) is 4.90 Å². The van der Waals surface area contributed by atoms with E-state index in [0.717, 1.165) is 19.4 Å². The molecule has 3 rings (SSSR count). The molecule has 0 aromatic heterocycles. The van der Waals surface area contributed by atoms with Crippen LogP contribution in [0, 0.1) is 5.92 Å². The molecule has 2 fully saturated rings. The Morgan fingerprint density at radius 3 is 2.43 bits per heavy atom. The van der Waals surface area contributed by atoms with Crippen molar-refractivity contribution >= 4 is 31.9 Å². The molecule has 0 bridgehead atoms. The average Bonchev–Trinajstić information content (AvgIpc) is 3.24. The van der Waals surface area contributed by atoms with Crippen LogP contribution in [0.1, 0.15) is 36.0 Å². The highest BCUT2D eigenvalue weighted by atomic mass is 79.9. The third kappa shape index (κ3) is 3.64. The minimum Gasteiger partial charge on any atom is -0.335 e. The van der Waals surface area contributed by atoms with Crippen LogP contribution in [0.5, 0.6) is 0 Å². The van der Waals surface area contributed by atoms with Gasteiger partial charge in [-0.25, -0.2) is 13.6 Å². The number of halogens is 1. The summed E-state index contributed by atoms with van der Waals surface area (Å²) in [5.74, 6) is 0.509. The van der Waals surface area contributed by atoms with Crippen LogP contribution in [-0.2, 0) is 10.0 Å². The molecule has 0 spiro atoms. The number of benzene rings is 1. The highest BCUT2D eigenvalue weighted by Gasteiger charge is 2.37. The van der Waals surface area contributed by atoms with Crippen LogP contribution in [-0.4, -0.2) is 31.8 Å². The van der Waals surface area contributed by atoms with Crippen molar-refractivity contribution in [2.75, 3.05) is 6.54 Å². The second-order valence-corrected chi connectivity index (χ2v) is 8.33. The van der Waals surface area contributed by atoms with Crippen LogP contribution < -0.4 is 5.14 Å². The molecule has 1 amide bonds. The number of sulfonamides is 1. The minimum absolute atomic E-state index is 0.0395. The van der Waals surface area contributed by atoms with E-state index in [1.54, 1.807) is 6.07 Å². The summed E-state index contributed by atoms with van der Waals surface area (Å²) in [7, 11) is -3.82. The van der Waals surface area contributed by atoms with Crippen molar-refractivity contribution in [2.45, 2.75) is 36.6 Å². The van der Waals surface area contributed by atoms with E-state index in [1.807, 2.05) is 4.90 Å². The van der Waals surface area contributed by atoms with Crippen LogP contribution in [0.3, 0.4) is 0 Å². The van der Waals surface area contributed by atoms with Gasteiger partial charge < -0.3 is 4.90 Å². The summed E-state index contributed by atoms with van der Waals surface area (Å²) in [6.07, 6.45) is 4.43. The van der Waals surface area contributed by atoms with Gasteiger partial charge in [0.25, 0.3) is 5.91 Å². The highest BCUT2D eigenvalue weighted by molar-refractivity contribution is 9.10. The molecule has 2 aliphatic rings. The van der Waals surface area contributed by atoms with Crippen LogP contribution in [0.25, 0.3) is 0 Å². The van der Waals surface area contributed by atoms with Crippen molar-refractivity contribution in [1.82, 2.24) is 4.90 Å². The molecule has 0 saturated heterocycles. The van der Waals surface area contributed by atoms with Crippen molar-refractivity contribution in [1.29, 1.82) is 0 Å². The first-order valence-electron chi connectivity index (χ1n) is 6.99. The fraction of sp³-hybridized carbons (Fsp3) is 0.500. The standard InChI is InChI=1S/C14H17BrN2O3S/c15-11-5-10(6-13(7-11)21(16,19)20)14(18)17(12-3-4-12)8-9-1-2-9/h5-7,9,12H,1-4,8H2,(H2,16,19,20). The lowest BCUT2D eigenvalue weighted by molar-refractivity contribution is 0.0734. The van der Waals surface area contributed by atoms with Crippen LogP contribution in [0.15, 0.2) is 27.6 Å². The lowest BCUT2D eigenvalue weighted by atomic mass is 10.2. The summed E-state index contributed by atoms with van der Waals surface area (Å²) >= 11 is 3.25. The van der Waals surface area contributed by atoms with Gasteiger partial charge >= 0.3 is 0 Å². The number of nitrogens with two attached hydrogens (primary N) is 1. The number of hydrogen-bond acceptors (Lipinski definition) is 3. The molecule has 1 aromatic carbocycles. The zero-order valence-electron chi connectivity index (χ0n) is 11.5. The van der Waals surface area contributed by atoms with Crippen molar-refractivity contribution in [3.05, 3.63) is 28.2 Å². The maximum atomic E-state index is 12.7. The number of primary sulfonamides is 1. The first-order chi connectivity index (χ1) is 9.84. The van der Waals surface area contributed by atoms with Gasteiger partial charge in [0.15, 0.2) is 0 Å². The zero-order chi connectivity index (χ0) is 15.2. The van der Waals surface area contributed by atoms with Gasteiger partial charge in [0, 0.05) is 22.6 Å². The fourth-order valence-corrected chi connectivity index (χ4v) is 3.61. The van der Waals surface area contributed by atoms with Crippen molar-refractivity contribution in [3.8, 4) is 0 Å². The summed E-state index contributed by atoms with van der Waals surface area (Å²) in [6.45, 7) is 0.778. The third-order valence-corrected chi connectivity index (χ3v) is 5.20. The Balaban J connectivity index is 1.90. The summed E-state index contributed by atoms with van der Waals surface area (Å²) in [5, 5.41) is 5.16. The van der Waals surface area contributed by atoms with E-state index in [1.165, 1.54) is 25.0 Å². The van der Waals surface area contributed by atoms with Gasteiger partial charge in [-0.15, -0.1) is 0 Å². The first kappa shape index (κ1) is 15.0. The summed E-state index contributed by atoms with van der Waals surface area (Å²) < 4.78 is 23.5. The van der Waals surface area contributed by atoms with E-state index >= 15 is 0 Å². The molecule has 0 unspecified atom stereocenters. The topological polar surface area (TPSA) is 80.5 Å². The molecular formula is C14H17BrN2O3S. The van der Waals surface area contributed by atoms with Crippen LogP contribution >= 0.6 is 15.9 Å². The highest BCUT2D eigenvalue weighted by Crippen LogP contribution is 2.36. The molecule has 2 saturated carbocycles. The normalized spacial score (nSPS) is 18.6. The maximum Gasteiger partial charge on any atom is 0.254 e. The van der Waals surface area contributed by atoms with Gasteiger partial charge in [-0.3, -0.25) is 4.79 Å². The minimum atomic E-state index is -3.82. The van der Waals surface area contributed by atoms with E-state index in [-0.39, 0.29) is 10.8 Å². The smallest absolute Gasteiger partial charge is 0.254 e. The van der Waals surface area contributed by atoms with Crippen LogP contribution in [0.4, 0.5) is 0 Å². The molecule has 21 heavy (non-hydrogen) atoms. The predicted molar refractivity (Wildman–Crippen MR) is 82.3 cm³/mol. The predicted octanol–water partition coefficient (Wildman–Crippen LogP) is 2.11. The third-order valence-electron chi connectivity index (χ3n) is 3.85. The number of amides is 1. The van der Waals surface area contributed by atoms with Gasteiger partial charge in [-0.1, -0.05) is 15.9 Å². The summed E-state index contributed by atoms with van der Waals surface area (Å²) in [4.78, 5) is 14.5. The Hall–Kier alpha value is -0.920. The van der Waals surface area contributed by atoms with Gasteiger partial charge in [0.2, 0.25) is 10.0 Å². The Morgan fingerprint density at radius 2 is 1.90 bits per heavy atom. The Labute approximate surface area is 132 Å². The lowest BCUT2D eigenvalue weighted by Crippen LogP contribution is -2.35.